The minimum absolute atomic E-state index is 0.543. The van der Waals surface area contributed by atoms with Crippen LogP contribution in [-0.4, -0.2) is 29.5 Å². The second-order valence-corrected chi connectivity index (χ2v) is 6.19. The Labute approximate surface area is 160 Å². The average molecular weight is 365 g/mol. The second kappa shape index (κ2) is 6.88. The van der Waals surface area contributed by atoms with Crippen molar-refractivity contribution < 1.29 is 0 Å². The molecule has 0 saturated carbocycles. The molecule has 0 bridgehead atoms. The molecule has 0 aliphatic carbocycles. The van der Waals surface area contributed by atoms with Crippen molar-refractivity contribution in [3.05, 3.63) is 85.7 Å². The molecule has 0 amide bonds. The number of hydrogen-bond donors (Lipinski definition) is 1. The summed E-state index contributed by atoms with van der Waals surface area (Å²) in [6, 6.07) is 20.0. The van der Waals surface area contributed by atoms with Crippen molar-refractivity contribution in [3.63, 3.8) is 0 Å². The van der Waals surface area contributed by atoms with Crippen LogP contribution in [0.2, 0.25) is 0 Å². The monoisotopic (exact) mass is 365 g/mol. The molecule has 28 heavy (non-hydrogen) atoms. The zero-order valence-electron chi connectivity index (χ0n) is 14.8. The molecule has 0 aliphatic heterocycles. The molecular formula is C21H15N7. The van der Waals surface area contributed by atoms with Gasteiger partial charge in [-0.1, -0.05) is 42.5 Å². The molecule has 5 aromatic rings. The Hall–Kier alpha value is -4.13. The molecule has 7 nitrogen and oxygen atoms in total. The summed E-state index contributed by atoms with van der Waals surface area (Å²) in [5, 5.41) is 7.69. The Morgan fingerprint density at radius 3 is 2.32 bits per heavy atom. The number of fused-ring (bicyclic) bond motifs is 1. The average Bonchev–Trinajstić information content (AvgIpc) is 3.25. The van der Waals surface area contributed by atoms with Gasteiger partial charge >= 0.3 is 0 Å². The molecule has 0 atom stereocenters. The zero-order chi connectivity index (χ0) is 18.8. The molecule has 0 saturated heterocycles. The third-order valence-electron chi connectivity index (χ3n) is 4.37. The lowest BCUT2D eigenvalue weighted by Crippen LogP contribution is -2.02. The lowest BCUT2D eigenvalue weighted by Gasteiger charge is -2.11. The van der Waals surface area contributed by atoms with Crippen LogP contribution in [0.25, 0.3) is 28.2 Å². The van der Waals surface area contributed by atoms with E-state index in [9.17, 15) is 0 Å². The predicted octanol–water partition coefficient (Wildman–Crippen LogP) is 3.99. The van der Waals surface area contributed by atoms with Gasteiger partial charge in [-0.05, 0) is 17.7 Å². The Kier molecular flexibility index (Phi) is 3.95. The Bertz CT molecular complexity index is 1220. The third-order valence-corrected chi connectivity index (χ3v) is 4.37. The number of anilines is 2. The van der Waals surface area contributed by atoms with E-state index in [4.69, 9.17) is 0 Å². The molecule has 0 fully saturated rings. The first-order valence-electron chi connectivity index (χ1n) is 8.75. The number of rotatable bonds is 4. The number of nitrogens with zero attached hydrogens (tertiary/aromatic N) is 6. The van der Waals surface area contributed by atoms with Gasteiger partial charge in [0.25, 0.3) is 5.78 Å². The van der Waals surface area contributed by atoms with Crippen LogP contribution < -0.4 is 5.32 Å². The highest BCUT2D eigenvalue weighted by molar-refractivity contribution is 5.70. The van der Waals surface area contributed by atoms with Gasteiger partial charge in [-0.3, -0.25) is 0 Å². The van der Waals surface area contributed by atoms with Crippen molar-refractivity contribution in [2.45, 2.75) is 0 Å². The van der Waals surface area contributed by atoms with Gasteiger partial charge in [-0.25, -0.2) is 15.0 Å². The summed E-state index contributed by atoms with van der Waals surface area (Å²) < 4.78 is 1.69. The largest absolute Gasteiger partial charge is 0.340 e. The molecule has 3 heterocycles. The third kappa shape index (κ3) is 3.05. The molecule has 2 aromatic carbocycles. The molecule has 1 N–H and O–H groups in total. The van der Waals surface area contributed by atoms with Crippen molar-refractivity contribution in [3.8, 4) is 22.4 Å². The number of benzene rings is 2. The quantitative estimate of drug-likeness (QED) is 0.519. The minimum Gasteiger partial charge on any atom is -0.340 e. The van der Waals surface area contributed by atoms with Crippen LogP contribution in [0.15, 0.2) is 85.7 Å². The molecule has 0 aliphatic rings. The van der Waals surface area contributed by atoms with Crippen LogP contribution in [-0.2, 0) is 0 Å². The summed E-state index contributed by atoms with van der Waals surface area (Å²) in [6.45, 7) is 0. The maximum atomic E-state index is 4.60. The Balaban J connectivity index is 1.50. The highest BCUT2D eigenvalue weighted by Gasteiger charge is 2.09. The van der Waals surface area contributed by atoms with Gasteiger partial charge in [0.2, 0.25) is 0 Å². The first-order valence-corrected chi connectivity index (χ1v) is 8.75. The van der Waals surface area contributed by atoms with E-state index in [0.717, 1.165) is 33.9 Å². The SMILES string of the molecule is c1ccc(-c2cc(Nc3ccc(-c4cncnc4)cc3)n3ncnc3n2)cc1. The summed E-state index contributed by atoms with van der Waals surface area (Å²) in [5.41, 5.74) is 4.82. The summed E-state index contributed by atoms with van der Waals surface area (Å²) in [6.07, 6.45) is 6.62. The van der Waals surface area contributed by atoms with E-state index in [0.29, 0.717) is 5.78 Å². The van der Waals surface area contributed by atoms with Gasteiger partial charge in [0.05, 0.1) is 5.69 Å². The summed E-state index contributed by atoms with van der Waals surface area (Å²) >= 11 is 0. The molecular weight excluding hydrogens is 350 g/mol. The first-order chi connectivity index (χ1) is 13.9. The molecule has 0 radical (unpaired) electrons. The van der Waals surface area contributed by atoms with E-state index in [1.807, 2.05) is 60.7 Å². The topological polar surface area (TPSA) is 80.9 Å². The molecule has 134 valence electrons. The van der Waals surface area contributed by atoms with Gasteiger partial charge in [-0.2, -0.15) is 14.6 Å². The lowest BCUT2D eigenvalue weighted by atomic mass is 10.1. The fourth-order valence-electron chi connectivity index (χ4n) is 3.00. The van der Waals surface area contributed by atoms with E-state index in [1.165, 1.54) is 12.7 Å². The molecule has 5 rings (SSSR count). The van der Waals surface area contributed by atoms with Gasteiger partial charge in [0.15, 0.2) is 0 Å². The zero-order valence-corrected chi connectivity index (χ0v) is 14.8. The van der Waals surface area contributed by atoms with Gasteiger partial charge < -0.3 is 5.32 Å². The fourth-order valence-corrected chi connectivity index (χ4v) is 3.00. The van der Waals surface area contributed by atoms with E-state index in [-0.39, 0.29) is 0 Å². The highest BCUT2D eigenvalue weighted by Crippen LogP contribution is 2.25. The van der Waals surface area contributed by atoms with E-state index < -0.39 is 0 Å². The summed E-state index contributed by atoms with van der Waals surface area (Å²) in [5.74, 6) is 1.33. The molecule has 3 aromatic heterocycles. The van der Waals surface area contributed by atoms with E-state index in [1.54, 1.807) is 16.9 Å². The Morgan fingerprint density at radius 2 is 1.54 bits per heavy atom. The lowest BCUT2D eigenvalue weighted by molar-refractivity contribution is 0.948. The van der Waals surface area contributed by atoms with E-state index >= 15 is 0 Å². The second-order valence-electron chi connectivity index (χ2n) is 6.19. The molecule has 0 unspecified atom stereocenters. The van der Waals surface area contributed by atoms with Gasteiger partial charge in [-0.15, -0.1) is 0 Å². The van der Waals surface area contributed by atoms with Crippen molar-refractivity contribution in [1.82, 2.24) is 29.5 Å². The summed E-state index contributed by atoms with van der Waals surface area (Å²) in [7, 11) is 0. The van der Waals surface area contributed by atoms with Crippen LogP contribution in [0.1, 0.15) is 0 Å². The Morgan fingerprint density at radius 1 is 0.750 bits per heavy atom. The van der Waals surface area contributed by atoms with Crippen LogP contribution >= 0.6 is 0 Å². The van der Waals surface area contributed by atoms with Crippen LogP contribution in [0.5, 0.6) is 0 Å². The number of aromatic nitrogens is 6. The fraction of sp³-hybridized carbons (Fsp3) is 0. The predicted molar refractivity (Wildman–Crippen MR) is 107 cm³/mol. The normalized spacial score (nSPS) is 10.9. The van der Waals surface area contributed by atoms with Gasteiger partial charge in [0.1, 0.15) is 18.5 Å². The maximum absolute atomic E-state index is 4.60. The smallest absolute Gasteiger partial charge is 0.254 e. The standard InChI is InChI=1S/C21H15N7/c1-2-4-16(5-3-1)19-10-20(28-21(27-19)24-14-25-28)26-18-8-6-15(7-9-18)17-11-22-13-23-12-17/h1-14,26H. The van der Waals surface area contributed by atoms with E-state index in [2.05, 4.69) is 30.4 Å². The number of hydrogen-bond acceptors (Lipinski definition) is 6. The molecule has 0 spiro atoms. The van der Waals surface area contributed by atoms with Crippen LogP contribution in [0.3, 0.4) is 0 Å². The minimum atomic E-state index is 0.543. The van der Waals surface area contributed by atoms with Crippen molar-refractivity contribution >= 4 is 17.3 Å². The highest BCUT2D eigenvalue weighted by atomic mass is 15.3. The van der Waals surface area contributed by atoms with Crippen LogP contribution in [0.4, 0.5) is 11.5 Å². The molecule has 7 heteroatoms. The summed E-state index contributed by atoms with van der Waals surface area (Å²) in [4.78, 5) is 17.0. The van der Waals surface area contributed by atoms with Crippen molar-refractivity contribution in [2.75, 3.05) is 5.32 Å². The maximum Gasteiger partial charge on any atom is 0.254 e. The first kappa shape index (κ1) is 16.1. The van der Waals surface area contributed by atoms with Crippen LogP contribution in [0, 0.1) is 0 Å². The van der Waals surface area contributed by atoms with Crippen molar-refractivity contribution in [2.24, 2.45) is 0 Å². The number of nitrogens with one attached hydrogen (secondary N) is 1. The van der Waals surface area contributed by atoms with Crippen molar-refractivity contribution in [1.29, 1.82) is 0 Å². The van der Waals surface area contributed by atoms with Gasteiger partial charge in [0, 0.05) is 35.3 Å².